The first-order valence-electron chi connectivity index (χ1n) is 8.61. The number of benzene rings is 1. The summed E-state index contributed by atoms with van der Waals surface area (Å²) in [7, 11) is 0. The Morgan fingerprint density at radius 1 is 1.44 bits per heavy atom. The van der Waals surface area contributed by atoms with E-state index in [2.05, 4.69) is 41.5 Å². The summed E-state index contributed by atoms with van der Waals surface area (Å²) in [5.74, 6) is 7.60. The number of nitrogen functional groups attached to an aromatic ring is 1. The third kappa shape index (κ3) is 5.89. The summed E-state index contributed by atoms with van der Waals surface area (Å²) < 4.78 is 7.26. The molecule has 0 fully saturated rings. The summed E-state index contributed by atoms with van der Waals surface area (Å²) in [5, 5.41) is 19.6. The molecule has 1 aromatic carbocycles. The van der Waals surface area contributed by atoms with E-state index < -0.39 is 0 Å². The fourth-order valence-corrected chi connectivity index (χ4v) is 3.03. The Morgan fingerprint density at radius 3 is 2.93 bits per heavy atom. The molecule has 2 aromatic rings. The van der Waals surface area contributed by atoms with E-state index in [4.69, 9.17) is 15.8 Å². The van der Waals surface area contributed by atoms with Crippen molar-refractivity contribution in [2.24, 2.45) is 0 Å². The molecule has 8 nitrogen and oxygen atoms in total. The number of rotatable bonds is 9. The van der Waals surface area contributed by atoms with E-state index >= 15 is 0 Å². The van der Waals surface area contributed by atoms with Gasteiger partial charge in [0.25, 0.3) is 0 Å². The summed E-state index contributed by atoms with van der Waals surface area (Å²) in [5.41, 5.74) is 2.23. The average Bonchev–Trinajstić information content (AvgIpc) is 2.98. The Labute approximate surface area is 163 Å². The standard InChI is InChI=1S/C18H24N6O2S/c1-12(2)14-6-5-13(3)9-15(14)26-10-16-22-23-18(24(16)20)27-11-17(25)21-8-4-7-19/h5-6,9,12H,4,8,10-11,20H2,1-3H3,(H,21,25). The van der Waals surface area contributed by atoms with Crippen LogP contribution in [0.1, 0.15) is 43.1 Å². The van der Waals surface area contributed by atoms with Gasteiger partial charge in [0.1, 0.15) is 12.4 Å². The number of ether oxygens (including phenoxy) is 1. The summed E-state index contributed by atoms with van der Waals surface area (Å²) in [4.78, 5) is 11.7. The van der Waals surface area contributed by atoms with Crippen LogP contribution in [0.3, 0.4) is 0 Å². The van der Waals surface area contributed by atoms with Gasteiger partial charge in [0.05, 0.1) is 18.2 Å². The van der Waals surface area contributed by atoms with Gasteiger partial charge in [0.2, 0.25) is 11.1 Å². The molecule has 0 atom stereocenters. The van der Waals surface area contributed by atoms with Crippen LogP contribution < -0.4 is 15.9 Å². The summed E-state index contributed by atoms with van der Waals surface area (Å²) >= 11 is 1.18. The van der Waals surface area contributed by atoms with Crippen LogP contribution in [0.2, 0.25) is 0 Å². The van der Waals surface area contributed by atoms with E-state index in [0.29, 0.717) is 23.4 Å². The molecule has 0 bridgehead atoms. The third-order valence-corrected chi connectivity index (χ3v) is 4.72. The molecule has 27 heavy (non-hydrogen) atoms. The maximum Gasteiger partial charge on any atom is 0.230 e. The van der Waals surface area contributed by atoms with Gasteiger partial charge in [0, 0.05) is 6.54 Å². The molecule has 0 unspecified atom stereocenters. The minimum atomic E-state index is -0.183. The van der Waals surface area contributed by atoms with Crippen LogP contribution in [0.15, 0.2) is 23.4 Å². The van der Waals surface area contributed by atoms with Crippen molar-refractivity contribution < 1.29 is 9.53 Å². The van der Waals surface area contributed by atoms with E-state index in [1.165, 1.54) is 16.4 Å². The fraction of sp³-hybridized carbons (Fsp3) is 0.444. The topological polar surface area (TPSA) is 119 Å². The van der Waals surface area contributed by atoms with Crippen molar-refractivity contribution in [1.82, 2.24) is 20.2 Å². The van der Waals surface area contributed by atoms with Gasteiger partial charge >= 0.3 is 0 Å². The van der Waals surface area contributed by atoms with E-state index in [1.807, 2.05) is 19.1 Å². The number of amides is 1. The normalized spacial score (nSPS) is 10.6. The lowest BCUT2D eigenvalue weighted by Crippen LogP contribution is -2.26. The third-order valence-electron chi connectivity index (χ3n) is 3.77. The number of aromatic nitrogens is 3. The molecule has 144 valence electrons. The number of nitrogens with zero attached hydrogens (tertiary/aromatic N) is 4. The number of hydrogen-bond acceptors (Lipinski definition) is 7. The second kappa shape index (κ2) is 9.83. The smallest absolute Gasteiger partial charge is 0.230 e. The SMILES string of the molecule is Cc1ccc(C(C)C)c(OCc2nnc(SCC(=O)NCCC#N)n2N)c1. The molecule has 3 N–H and O–H groups in total. The van der Waals surface area contributed by atoms with Crippen LogP contribution >= 0.6 is 11.8 Å². The Balaban J connectivity index is 1.95. The molecular weight excluding hydrogens is 364 g/mol. The number of carbonyl (C=O) groups is 1. The van der Waals surface area contributed by atoms with Gasteiger partial charge in [-0.25, -0.2) is 4.68 Å². The van der Waals surface area contributed by atoms with Gasteiger partial charge in [0.15, 0.2) is 5.82 Å². The molecule has 0 spiro atoms. The van der Waals surface area contributed by atoms with Crippen molar-refractivity contribution in [2.45, 2.75) is 44.9 Å². The second-order valence-corrected chi connectivity index (χ2v) is 7.24. The highest BCUT2D eigenvalue weighted by molar-refractivity contribution is 7.99. The van der Waals surface area contributed by atoms with Crippen molar-refractivity contribution in [2.75, 3.05) is 18.1 Å². The minimum Gasteiger partial charge on any atom is -0.485 e. The van der Waals surface area contributed by atoms with E-state index in [0.717, 1.165) is 16.9 Å². The first kappa shape index (κ1) is 20.6. The maximum absolute atomic E-state index is 11.7. The van der Waals surface area contributed by atoms with Gasteiger partial charge in [-0.15, -0.1) is 10.2 Å². The number of nitrogens with two attached hydrogens (primary N) is 1. The van der Waals surface area contributed by atoms with Crippen LogP contribution in [-0.4, -0.2) is 33.1 Å². The van der Waals surface area contributed by atoms with E-state index in [1.54, 1.807) is 0 Å². The number of aryl methyl sites for hydroxylation is 1. The zero-order valence-electron chi connectivity index (χ0n) is 15.7. The van der Waals surface area contributed by atoms with Crippen molar-refractivity contribution in [1.29, 1.82) is 5.26 Å². The molecule has 1 amide bonds. The molecule has 1 aromatic heterocycles. The number of hydrogen-bond donors (Lipinski definition) is 2. The molecule has 0 saturated heterocycles. The molecular formula is C18H24N6O2S. The van der Waals surface area contributed by atoms with Crippen molar-refractivity contribution in [3.63, 3.8) is 0 Å². The first-order valence-corrected chi connectivity index (χ1v) is 9.60. The van der Waals surface area contributed by atoms with E-state index in [9.17, 15) is 4.79 Å². The minimum absolute atomic E-state index is 0.150. The van der Waals surface area contributed by atoms with Gasteiger partial charge in [-0.3, -0.25) is 4.79 Å². The van der Waals surface area contributed by atoms with Crippen LogP contribution in [0.25, 0.3) is 0 Å². The first-order chi connectivity index (χ1) is 12.9. The van der Waals surface area contributed by atoms with Gasteiger partial charge in [-0.2, -0.15) is 5.26 Å². The van der Waals surface area contributed by atoms with Crippen LogP contribution in [-0.2, 0) is 11.4 Å². The highest BCUT2D eigenvalue weighted by atomic mass is 32.2. The summed E-state index contributed by atoms with van der Waals surface area (Å²) in [6.07, 6.45) is 0.280. The predicted molar refractivity (Wildman–Crippen MR) is 104 cm³/mol. The Morgan fingerprint density at radius 2 is 2.22 bits per heavy atom. The zero-order chi connectivity index (χ0) is 19.8. The van der Waals surface area contributed by atoms with Crippen LogP contribution in [0.4, 0.5) is 0 Å². The van der Waals surface area contributed by atoms with Crippen LogP contribution in [0.5, 0.6) is 5.75 Å². The van der Waals surface area contributed by atoms with Crippen LogP contribution in [0, 0.1) is 18.3 Å². The maximum atomic E-state index is 11.7. The zero-order valence-corrected chi connectivity index (χ0v) is 16.5. The Hall–Kier alpha value is -2.73. The van der Waals surface area contributed by atoms with Gasteiger partial charge in [-0.05, 0) is 30.0 Å². The Kier molecular flexibility index (Phi) is 7.49. The average molecular weight is 388 g/mol. The molecule has 0 saturated carbocycles. The Bertz CT molecular complexity index is 828. The predicted octanol–water partition coefficient (Wildman–Crippen LogP) is 2.12. The van der Waals surface area contributed by atoms with Gasteiger partial charge < -0.3 is 15.9 Å². The lowest BCUT2D eigenvalue weighted by atomic mass is 10.0. The molecule has 1 heterocycles. The molecule has 0 radical (unpaired) electrons. The second-order valence-electron chi connectivity index (χ2n) is 6.30. The number of carbonyl (C=O) groups excluding carboxylic acids is 1. The largest absolute Gasteiger partial charge is 0.485 e. The van der Waals surface area contributed by atoms with Crippen molar-refractivity contribution in [3.05, 3.63) is 35.2 Å². The summed E-state index contributed by atoms with van der Waals surface area (Å²) in [6.45, 7) is 6.75. The van der Waals surface area contributed by atoms with Crippen molar-refractivity contribution >= 4 is 17.7 Å². The monoisotopic (exact) mass is 388 g/mol. The molecule has 2 rings (SSSR count). The molecule has 0 aliphatic rings. The number of nitriles is 1. The van der Waals surface area contributed by atoms with Crippen molar-refractivity contribution in [3.8, 4) is 11.8 Å². The lowest BCUT2D eigenvalue weighted by Gasteiger charge is -2.14. The summed E-state index contributed by atoms with van der Waals surface area (Å²) in [6, 6.07) is 8.09. The highest BCUT2D eigenvalue weighted by Gasteiger charge is 2.14. The van der Waals surface area contributed by atoms with E-state index in [-0.39, 0.29) is 24.7 Å². The molecule has 9 heteroatoms. The quantitative estimate of drug-likeness (QED) is 0.384. The lowest BCUT2D eigenvalue weighted by molar-refractivity contribution is -0.118. The molecule has 0 aliphatic carbocycles. The molecule has 0 aliphatic heterocycles. The highest BCUT2D eigenvalue weighted by Crippen LogP contribution is 2.28. The fourth-order valence-electron chi connectivity index (χ4n) is 2.33. The number of nitrogens with one attached hydrogen (secondary N) is 1. The number of thioether (sulfide) groups is 1. The van der Waals surface area contributed by atoms with Gasteiger partial charge in [-0.1, -0.05) is 37.7 Å².